The molecular weight excluding hydrogens is 364 g/mol. The van der Waals surface area contributed by atoms with Gasteiger partial charge in [-0.15, -0.1) is 6.58 Å². The summed E-state index contributed by atoms with van der Waals surface area (Å²) in [7, 11) is 0. The van der Waals surface area contributed by atoms with E-state index in [2.05, 4.69) is 17.2 Å². The standard InChI is InChI=1S/C24H24N2O3/c1-3-15-25-23(27)20-11-7-8-12-21(20)26-24(28)22(4-2)29-19-14-13-17-9-5-6-10-18(17)16-19/h3,5-14,16,22H,1,4,15H2,2H3,(H,25,27)(H,26,28)/t22-/m1/s1. The minimum Gasteiger partial charge on any atom is -0.481 e. The number of hydrogen-bond donors (Lipinski definition) is 2. The second kappa shape index (κ2) is 9.55. The summed E-state index contributed by atoms with van der Waals surface area (Å²) in [5.74, 6) is 0.0524. The molecule has 0 saturated carbocycles. The molecule has 0 saturated heterocycles. The van der Waals surface area contributed by atoms with Crippen molar-refractivity contribution in [2.75, 3.05) is 11.9 Å². The molecule has 0 radical (unpaired) electrons. The minimum atomic E-state index is -0.680. The molecule has 1 atom stereocenters. The number of nitrogens with one attached hydrogen (secondary N) is 2. The van der Waals surface area contributed by atoms with E-state index < -0.39 is 6.10 Å². The summed E-state index contributed by atoms with van der Waals surface area (Å²) in [6.45, 7) is 5.82. The second-order valence-corrected chi connectivity index (χ2v) is 6.56. The van der Waals surface area contributed by atoms with Crippen LogP contribution in [0.3, 0.4) is 0 Å². The fourth-order valence-electron chi connectivity index (χ4n) is 2.99. The molecule has 0 aromatic heterocycles. The van der Waals surface area contributed by atoms with Crippen LogP contribution in [0, 0.1) is 0 Å². The largest absolute Gasteiger partial charge is 0.481 e. The molecule has 2 amide bonds. The Balaban J connectivity index is 1.74. The van der Waals surface area contributed by atoms with Crippen LogP contribution in [0.25, 0.3) is 10.8 Å². The summed E-state index contributed by atoms with van der Waals surface area (Å²) in [5, 5.41) is 7.70. The highest BCUT2D eigenvalue weighted by Gasteiger charge is 2.21. The van der Waals surface area contributed by atoms with E-state index >= 15 is 0 Å². The molecule has 5 heteroatoms. The van der Waals surface area contributed by atoms with Crippen molar-refractivity contribution in [3.63, 3.8) is 0 Å². The molecule has 0 bridgehead atoms. The van der Waals surface area contributed by atoms with Gasteiger partial charge in [-0.25, -0.2) is 0 Å². The number of hydrogen-bond acceptors (Lipinski definition) is 3. The Bertz CT molecular complexity index is 1030. The highest BCUT2D eigenvalue weighted by molar-refractivity contribution is 6.04. The zero-order valence-electron chi connectivity index (χ0n) is 16.4. The maximum Gasteiger partial charge on any atom is 0.265 e. The van der Waals surface area contributed by atoms with Gasteiger partial charge in [-0.2, -0.15) is 0 Å². The van der Waals surface area contributed by atoms with Crippen LogP contribution in [0.4, 0.5) is 5.69 Å². The highest BCUT2D eigenvalue weighted by Crippen LogP contribution is 2.23. The van der Waals surface area contributed by atoms with E-state index in [1.54, 1.807) is 30.3 Å². The van der Waals surface area contributed by atoms with Crippen LogP contribution >= 0.6 is 0 Å². The quantitative estimate of drug-likeness (QED) is 0.556. The predicted octanol–water partition coefficient (Wildman–Crippen LogP) is 4.55. The molecule has 2 N–H and O–H groups in total. The number of carbonyl (C=O) groups excluding carboxylic acids is 2. The number of rotatable bonds is 8. The number of para-hydroxylation sites is 1. The van der Waals surface area contributed by atoms with E-state index in [0.29, 0.717) is 30.0 Å². The van der Waals surface area contributed by atoms with Crippen molar-refractivity contribution in [1.29, 1.82) is 0 Å². The first-order chi connectivity index (χ1) is 14.1. The van der Waals surface area contributed by atoms with Gasteiger partial charge in [0, 0.05) is 6.54 Å². The van der Waals surface area contributed by atoms with Crippen LogP contribution in [-0.4, -0.2) is 24.5 Å². The van der Waals surface area contributed by atoms with E-state index in [-0.39, 0.29) is 11.8 Å². The normalized spacial score (nSPS) is 11.5. The van der Waals surface area contributed by atoms with Crippen LogP contribution in [-0.2, 0) is 4.79 Å². The van der Waals surface area contributed by atoms with E-state index in [4.69, 9.17) is 4.74 Å². The van der Waals surface area contributed by atoms with Crippen molar-refractivity contribution in [1.82, 2.24) is 5.32 Å². The molecule has 0 unspecified atom stereocenters. The van der Waals surface area contributed by atoms with E-state index in [9.17, 15) is 9.59 Å². The van der Waals surface area contributed by atoms with Gasteiger partial charge in [-0.3, -0.25) is 9.59 Å². The van der Waals surface area contributed by atoms with Gasteiger partial charge >= 0.3 is 0 Å². The summed E-state index contributed by atoms with van der Waals surface area (Å²) in [4.78, 5) is 25.1. The van der Waals surface area contributed by atoms with Crippen LogP contribution in [0.1, 0.15) is 23.7 Å². The molecule has 0 spiro atoms. The number of ether oxygens (including phenoxy) is 1. The summed E-state index contributed by atoms with van der Waals surface area (Å²) < 4.78 is 5.95. The second-order valence-electron chi connectivity index (χ2n) is 6.56. The maximum absolute atomic E-state index is 12.8. The summed E-state index contributed by atoms with van der Waals surface area (Å²) in [5.41, 5.74) is 0.836. The molecule has 3 aromatic carbocycles. The van der Waals surface area contributed by atoms with Crippen molar-refractivity contribution in [2.45, 2.75) is 19.4 Å². The Labute approximate surface area is 170 Å². The molecule has 0 heterocycles. The molecule has 3 rings (SSSR count). The molecule has 0 fully saturated rings. The lowest BCUT2D eigenvalue weighted by Gasteiger charge is -2.19. The smallest absolute Gasteiger partial charge is 0.265 e. The lowest BCUT2D eigenvalue weighted by atomic mass is 10.1. The SMILES string of the molecule is C=CCNC(=O)c1ccccc1NC(=O)[C@@H](CC)Oc1ccc2ccccc2c1. The average molecular weight is 388 g/mol. The van der Waals surface area contributed by atoms with Gasteiger partial charge < -0.3 is 15.4 Å². The minimum absolute atomic E-state index is 0.274. The zero-order valence-corrected chi connectivity index (χ0v) is 16.4. The molecule has 3 aromatic rings. The van der Waals surface area contributed by atoms with Crippen molar-refractivity contribution in [3.05, 3.63) is 84.9 Å². The third-order valence-corrected chi connectivity index (χ3v) is 4.50. The van der Waals surface area contributed by atoms with Crippen molar-refractivity contribution in [2.24, 2.45) is 0 Å². The van der Waals surface area contributed by atoms with Crippen molar-refractivity contribution < 1.29 is 14.3 Å². The Kier molecular flexibility index (Phi) is 6.63. The van der Waals surface area contributed by atoms with Crippen molar-refractivity contribution in [3.8, 4) is 5.75 Å². The Hall–Kier alpha value is -3.60. The van der Waals surface area contributed by atoms with Gasteiger partial charge in [-0.1, -0.05) is 55.5 Å². The van der Waals surface area contributed by atoms with Crippen LogP contribution in [0.2, 0.25) is 0 Å². The van der Waals surface area contributed by atoms with Gasteiger partial charge in [0.15, 0.2) is 6.10 Å². The van der Waals surface area contributed by atoms with Gasteiger partial charge in [0.05, 0.1) is 11.3 Å². The Morgan fingerprint density at radius 1 is 1.03 bits per heavy atom. The fraction of sp³-hybridized carbons (Fsp3) is 0.167. The highest BCUT2D eigenvalue weighted by atomic mass is 16.5. The maximum atomic E-state index is 12.8. The van der Waals surface area contributed by atoms with Gasteiger partial charge in [0.1, 0.15) is 5.75 Å². The van der Waals surface area contributed by atoms with Gasteiger partial charge in [-0.05, 0) is 41.5 Å². The van der Waals surface area contributed by atoms with E-state index in [1.165, 1.54) is 0 Å². The molecule has 148 valence electrons. The number of fused-ring (bicyclic) bond motifs is 1. The molecule has 29 heavy (non-hydrogen) atoms. The number of benzene rings is 3. The first-order valence-corrected chi connectivity index (χ1v) is 9.56. The lowest BCUT2D eigenvalue weighted by Crippen LogP contribution is -2.33. The molecule has 0 aliphatic rings. The predicted molar refractivity (Wildman–Crippen MR) is 116 cm³/mol. The third-order valence-electron chi connectivity index (χ3n) is 4.50. The Morgan fingerprint density at radius 3 is 2.52 bits per heavy atom. The van der Waals surface area contributed by atoms with Crippen LogP contribution < -0.4 is 15.4 Å². The van der Waals surface area contributed by atoms with Gasteiger partial charge in [0.2, 0.25) is 0 Å². The first kappa shape index (κ1) is 20.1. The van der Waals surface area contributed by atoms with E-state index in [1.807, 2.05) is 49.4 Å². The molecular formula is C24H24N2O3. The summed E-state index contributed by atoms with van der Waals surface area (Å²) in [6.07, 6.45) is 1.41. The van der Waals surface area contributed by atoms with Crippen molar-refractivity contribution >= 4 is 28.3 Å². The topological polar surface area (TPSA) is 67.4 Å². The van der Waals surface area contributed by atoms with Crippen LogP contribution in [0.5, 0.6) is 5.75 Å². The fourth-order valence-corrected chi connectivity index (χ4v) is 2.99. The van der Waals surface area contributed by atoms with Crippen LogP contribution in [0.15, 0.2) is 79.4 Å². The lowest BCUT2D eigenvalue weighted by molar-refractivity contribution is -0.122. The monoisotopic (exact) mass is 388 g/mol. The third kappa shape index (κ3) is 5.02. The molecule has 0 aliphatic heterocycles. The first-order valence-electron chi connectivity index (χ1n) is 9.56. The van der Waals surface area contributed by atoms with Gasteiger partial charge in [0.25, 0.3) is 11.8 Å². The number of carbonyl (C=O) groups is 2. The number of amides is 2. The average Bonchev–Trinajstić information content (AvgIpc) is 2.76. The summed E-state index contributed by atoms with van der Waals surface area (Å²) >= 11 is 0. The molecule has 5 nitrogen and oxygen atoms in total. The zero-order chi connectivity index (χ0) is 20.6. The number of anilines is 1. The Morgan fingerprint density at radius 2 is 1.76 bits per heavy atom. The summed E-state index contributed by atoms with van der Waals surface area (Å²) in [6, 6.07) is 20.6. The van der Waals surface area contributed by atoms with E-state index in [0.717, 1.165) is 10.8 Å². The molecule has 0 aliphatic carbocycles.